The minimum atomic E-state index is -0.503. The molecule has 1 unspecified atom stereocenters. The number of rotatable bonds is 5. The summed E-state index contributed by atoms with van der Waals surface area (Å²) in [6.07, 6.45) is 0.297. The molecule has 0 spiro atoms. The maximum atomic E-state index is 14.1. The van der Waals surface area contributed by atoms with Gasteiger partial charge >= 0.3 is 0 Å². The van der Waals surface area contributed by atoms with Gasteiger partial charge in [-0.25, -0.2) is 4.39 Å². The molecular weight excluding hydrogens is 295 g/mol. The number of likely N-dealkylation sites (N-methyl/N-ethyl adjacent to an activating group) is 1. The molecule has 1 atom stereocenters. The molecule has 0 amide bonds. The smallest absolute Gasteiger partial charge is 0.272 e. The molecule has 2 aromatic carbocycles. The first-order valence-electron chi connectivity index (χ1n) is 6.38. The first-order valence-corrected chi connectivity index (χ1v) is 6.76. The second kappa shape index (κ2) is 6.65. The minimum absolute atomic E-state index is 0.0280. The van der Waals surface area contributed by atoms with Gasteiger partial charge in [-0.15, -0.1) is 0 Å². The summed E-state index contributed by atoms with van der Waals surface area (Å²) in [7, 11) is 1.68. The van der Waals surface area contributed by atoms with Crippen LogP contribution in [0.5, 0.6) is 0 Å². The van der Waals surface area contributed by atoms with Gasteiger partial charge in [-0.1, -0.05) is 41.9 Å². The highest BCUT2D eigenvalue weighted by atomic mass is 35.5. The number of halogens is 2. The Bertz CT molecular complexity index is 664. The van der Waals surface area contributed by atoms with Crippen molar-refractivity contribution < 1.29 is 9.31 Å². The van der Waals surface area contributed by atoms with Crippen molar-refractivity contribution in [3.8, 4) is 0 Å². The van der Waals surface area contributed by atoms with Gasteiger partial charge < -0.3 is 5.32 Å². The summed E-state index contributed by atoms with van der Waals surface area (Å²) in [6, 6.07) is 10.8. The van der Waals surface area contributed by atoms with Crippen molar-refractivity contribution in [3.05, 3.63) is 74.5 Å². The lowest BCUT2D eigenvalue weighted by atomic mass is 9.97. The summed E-state index contributed by atoms with van der Waals surface area (Å²) < 4.78 is 14.1. The van der Waals surface area contributed by atoms with E-state index in [4.69, 9.17) is 11.6 Å². The Balaban J connectivity index is 2.36. The van der Waals surface area contributed by atoms with E-state index >= 15 is 0 Å². The zero-order valence-electron chi connectivity index (χ0n) is 11.3. The predicted molar refractivity (Wildman–Crippen MR) is 80.0 cm³/mol. The second-order valence-corrected chi connectivity index (χ2v) is 4.98. The summed E-state index contributed by atoms with van der Waals surface area (Å²) in [5.74, 6) is -0.503. The standard InChI is InChI=1S/C15H14ClFN2O2/c1-18-13(11-6-4-7-12(16)15(11)17)9-10-5-2-3-8-14(10)19(20)21/h2-8,13,18H,9H2,1H3. The van der Waals surface area contributed by atoms with Gasteiger partial charge in [0, 0.05) is 23.2 Å². The first-order chi connectivity index (χ1) is 10.0. The number of nitrogens with zero attached hydrogens (tertiary/aromatic N) is 1. The SMILES string of the molecule is CNC(Cc1ccccc1[N+](=O)[O-])c1cccc(Cl)c1F. The number of hydrogen-bond acceptors (Lipinski definition) is 3. The molecule has 0 heterocycles. The molecule has 0 fully saturated rings. The normalized spacial score (nSPS) is 12.1. The first kappa shape index (κ1) is 15.4. The number of nitrogens with one attached hydrogen (secondary N) is 1. The summed E-state index contributed by atoms with van der Waals surface area (Å²) in [4.78, 5) is 10.6. The third kappa shape index (κ3) is 3.37. The summed E-state index contributed by atoms with van der Waals surface area (Å²) >= 11 is 5.79. The van der Waals surface area contributed by atoms with Gasteiger partial charge in [0.2, 0.25) is 0 Å². The largest absolute Gasteiger partial charge is 0.313 e. The van der Waals surface area contributed by atoms with Crippen LogP contribution in [0.1, 0.15) is 17.2 Å². The van der Waals surface area contributed by atoms with Crippen molar-refractivity contribution in [2.75, 3.05) is 7.05 Å². The highest BCUT2D eigenvalue weighted by Gasteiger charge is 2.20. The lowest BCUT2D eigenvalue weighted by Crippen LogP contribution is -2.20. The molecular formula is C15H14ClFN2O2. The van der Waals surface area contributed by atoms with Gasteiger partial charge in [-0.2, -0.15) is 0 Å². The van der Waals surface area contributed by atoms with E-state index < -0.39 is 16.8 Å². The van der Waals surface area contributed by atoms with E-state index in [1.54, 1.807) is 37.4 Å². The van der Waals surface area contributed by atoms with Crippen molar-refractivity contribution in [2.24, 2.45) is 0 Å². The minimum Gasteiger partial charge on any atom is -0.313 e. The second-order valence-electron chi connectivity index (χ2n) is 4.57. The number of benzene rings is 2. The van der Waals surface area contributed by atoms with E-state index in [2.05, 4.69) is 5.32 Å². The Kier molecular flexibility index (Phi) is 4.88. The van der Waals surface area contributed by atoms with Gasteiger partial charge in [-0.05, 0) is 19.5 Å². The molecule has 1 N–H and O–H groups in total. The van der Waals surface area contributed by atoms with Crippen LogP contribution in [0.2, 0.25) is 5.02 Å². The maximum Gasteiger partial charge on any atom is 0.272 e. The lowest BCUT2D eigenvalue weighted by molar-refractivity contribution is -0.385. The van der Waals surface area contributed by atoms with Crippen LogP contribution in [0.25, 0.3) is 0 Å². The molecule has 0 radical (unpaired) electrons. The number of hydrogen-bond donors (Lipinski definition) is 1. The van der Waals surface area contributed by atoms with E-state index in [9.17, 15) is 14.5 Å². The zero-order valence-corrected chi connectivity index (χ0v) is 12.1. The fourth-order valence-electron chi connectivity index (χ4n) is 2.24. The summed E-state index contributed by atoms with van der Waals surface area (Å²) in [5.41, 5.74) is 0.963. The van der Waals surface area contributed by atoms with E-state index in [1.165, 1.54) is 12.1 Å². The number of nitro groups is 1. The Morgan fingerprint density at radius 2 is 2.00 bits per heavy atom. The van der Waals surface area contributed by atoms with E-state index in [0.29, 0.717) is 17.5 Å². The summed E-state index contributed by atoms with van der Waals surface area (Å²) in [6.45, 7) is 0. The molecule has 4 nitrogen and oxygen atoms in total. The van der Waals surface area contributed by atoms with Gasteiger partial charge in [0.1, 0.15) is 5.82 Å². The molecule has 2 aromatic rings. The third-order valence-corrected chi connectivity index (χ3v) is 3.61. The van der Waals surface area contributed by atoms with Crippen molar-refractivity contribution >= 4 is 17.3 Å². The molecule has 0 aliphatic heterocycles. The van der Waals surface area contributed by atoms with Crippen molar-refractivity contribution in [3.63, 3.8) is 0 Å². The van der Waals surface area contributed by atoms with E-state index in [0.717, 1.165) is 0 Å². The van der Waals surface area contributed by atoms with E-state index in [-0.39, 0.29) is 10.7 Å². The average molecular weight is 309 g/mol. The molecule has 0 saturated carbocycles. The third-order valence-electron chi connectivity index (χ3n) is 3.32. The lowest BCUT2D eigenvalue weighted by Gasteiger charge is -2.18. The Morgan fingerprint density at radius 1 is 1.29 bits per heavy atom. The van der Waals surface area contributed by atoms with Crippen LogP contribution in [-0.4, -0.2) is 12.0 Å². The van der Waals surface area contributed by atoms with E-state index in [1.807, 2.05) is 0 Å². The Labute approximate surface area is 126 Å². The van der Waals surface area contributed by atoms with Gasteiger partial charge in [0.15, 0.2) is 0 Å². The maximum absolute atomic E-state index is 14.1. The van der Waals surface area contributed by atoms with Crippen molar-refractivity contribution in [1.82, 2.24) is 5.32 Å². The van der Waals surface area contributed by atoms with Gasteiger partial charge in [0.05, 0.1) is 9.95 Å². The van der Waals surface area contributed by atoms with Gasteiger partial charge in [0.25, 0.3) is 5.69 Å². The quantitative estimate of drug-likeness (QED) is 0.673. The molecule has 110 valence electrons. The summed E-state index contributed by atoms with van der Waals surface area (Å²) in [5, 5.41) is 14.1. The fraction of sp³-hybridized carbons (Fsp3) is 0.200. The molecule has 0 aromatic heterocycles. The van der Waals surface area contributed by atoms with Gasteiger partial charge in [-0.3, -0.25) is 10.1 Å². The molecule has 0 saturated heterocycles. The molecule has 21 heavy (non-hydrogen) atoms. The Hall–Kier alpha value is -1.98. The van der Waals surface area contributed by atoms with Crippen LogP contribution in [0.15, 0.2) is 42.5 Å². The van der Waals surface area contributed by atoms with Crippen LogP contribution in [0.4, 0.5) is 10.1 Å². The van der Waals surface area contributed by atoms with Crippen LogP contribution in [0, 0.1) is 15.9 Å². The van der Waals surface area contributed by atoms with Crippen LogP contribution in [0.3, 0.4) is 0 Å². The average Bonchev–Trinajstić information content (AvgIpc) is 2.48. The molecule has 0 aliphatic carbocycles. The molecule has 0 aliphatic rings. The topological polar surface area (TPSA) is 55.2 Å². The Morgan fingerprint density at radius 3 is 2.67 bits per heavy atom. The highest BCUT2D eigenvalue weighted by molar-refractivity contribution is 6.30. The zero-order chi connectivity index (χ0) is 15.4. The highest BCUT2D eigenvalue weighted by Crippen LogP contribution is 2.28. The van der Waals surface area contributed by atoms with Crippen LogP contribution < -0.4 is 5.32 Å². The predicted octanol–water partition coefficient (Wildman–Crippen LogP) is 3.89. The van der Waals surface area contributed by atoms with Crippen LogP contribution in [-0.2, 0) is 6.42 Å². The fourth-order valence-corrected chi connectivity index (χ4v) is 2.42. The number of nitro benzene ring substituents is 1. The number of para-hydroxylation sites is 1. The molecule has 0 bridgehead atoms. The monoisotopic (exact) mass is 308 g/mol. The van der Waals surface area contributed by atoms with Crippen molar-refractivity contribution in [1.29, 1.82) is 0 Å². The molecule has 6 heteroatoms. The van der Waals surface area contributed by atoms with Crippen LogP contribution >= 0.6 is 11.6 Å². The van der Waals surface area contributed by atoms with Crippen molar-refractivity contribution in [2.45, 2.75) is 12.5 Å². The molecule has 2 rings (SSSR count).